The maximum Gasteiger partial charge on any atom is 0.307 e. The summed E-state index contributed by atoms with van der Waals surface area (Å²) in [7, 11) is 0. The van der Waals surface area contributed by atoms with E-state index in [2.05, 4.69) is 27.8 Å². The van der Waals surface area contributed by atoms with Gasteiger partial charge in [0, 0.05) is 17.2 Å². The van der Waals surface area contributed by atoms with E-state index in [0.717, 1.165) is 16.9 Å². The van der Waals surface area contributed by atoms with Gasteiger partial charge >= 0.3 is 5.97 Å². The predicted molar refractivity (Wildman–Crippen MR) is 112 cm³/mol. The number of carboxylic acid groups (broad SMARTS) is 1. The van der Waals surface area contributed by atoms with Crippen LogP contribution in [-0.4, -0.2) is 21.8 Å². The summed E-state index contributed by atoms with van der Waals surface area (Å²) in [6, 6.07) is 14.7. The zero-order valence-corrected chi connectivity index (χ0v) is 17.1. The number of thiophene rings is 1. The van der Waals surface area contributed by atoms with Crippen molar-refractivity contribution in [3.8, 4) is 11.8 Å². The Balaban J connectivity index is 1.94. The second kappa shape index (κ2) is 8.82. The van der Waals surface area contributed by atoms with Crippen LogP contribution >= 0.6 is 27.3 Å². The molecule has 0 radical (unpaired) electrons. The molecule has 0 saturated heterocycles. The van der Waals surface area contributed by atoms with Crippen molar-refractivity contribution in [2.75, 3.05) is 0 Å². The van der Waals surface area contributed by atoms with Crippen molar-refractivity contribution in [3.05, 3.63) is 95.6 Å². The van der Waals surface area contributed by atoms with Gasteiger partial charge in [-0.2, -0.15) is 0 Å². The maximum atomic E-state index is 12.7. The second-order valence-electron chi connectivity index (χ2n) is 5.91. The number of nitrogens with zero attached hydrogens (tertiary/aromatic N) is 1. The van der Waals surface area contributed by atoms with Gasteiger partial charge in [-0.05, 0) is 51.8 Å². The fourth-order valence-electron chi connectivity index (χ4n) is 2.53. The summed E-state index contributed by atoms with van der Waals surface area (Å²) >= 11 is 4.35. The van der Waals surface area contributed by atoms with Gasteiger partial charge in [-0.15, -0.1) is 11.3 Å². The highest BCUT2D eigenvalue weighted by molar-refractivity contribution is 9.11. The van der Waals surface area contributed by atoms with E-state index >= 15 is 0 Å². The molecule has 0 aliphatic heterocycles. The fraction of sp³-hybridized carbons (Fsp3) is 0.0476. The fourth-order valence-corrected chi connectivity index (χ4v) is 4.18. The third-order valence-corrected chi connectivity index (χ3v) is 5.85. The van der Waals surface area contributed by atoms with Crippen molar-refractivity contribution < 1.29 is 19.6 Å². The third-order valence-electron chi connectivity index (χ3n) is 3.89. The van der Waals surface area contributed by atoms with Crippen molar-refractivity contribution in [2.24, 2.45) is 0 Å². The molecule has 2 aromatic carbocycles. The van der Waals surface area contributed by atoms with Gasteiger partial charge in [0.1, 0.15) is 5.56 Å². The van der Waals surface area contributed by atoms with Crippen LogP contribution in [0, 0.1) is 22.0 Å². The molecule has 0 saturated carbocycles. The Labute approximate surface area is 178 Å². The minimum Gasteiger partial charge on any atom is -0.481 e. The predicted octanol–water partition coefficient (Wildman–Crippen LogP) is 4.68. The topological polar surface area (TPSA) is 97.5 Å². The summed E-state index contributed by atoms with van der Waals surface area (Å²) in [5.41, 5.74) is 1.27. The van der Waals surface area contributed by atoms with E-state index in [1.54, 1.807) is 12.1 Å². The molecule has 8 heteroatoms. The first-order valence-electron chi connectivity index (χ1n) is 8.25. The van der Waals surface area contributed by atoms with E-state index in [-0.39, 0.29) is 23.2 Å². The first-order chi connectivity index (χ1) is 13.8. The number of ketones is 1. The Morgan fingerprint density at radius 3 is 2.48 bits per heavy atom. The molecule has 3 rings (SSSR count). The van der Waals surface area contributed by atoms with Crippen molar-refractivity contribution >= 4 is 44.7 Å². The average molecular weight is 470 g/mol. The van der Waals surface area contributed by atoms with Gasteiger partial charge in [0.2, 0.25) is 5.78 Å². The Morgan fingerprint density at radius 1 is 1.10 bits per heavy atom. The molecule has 144 valence electrons. The highest BCUT2D eigenvalue weighted by atomic mass is 79.9. The Bertz CT molecular complexity index is 1170. The smallest absolute Gasteiger partial charge is 0.307 e. The quantitative estimate of drug-likeness (QED) is 0.253. The summed E-state index contributed by atoms with van der Waals surface area (Å²) < 4.78 is 0.545. The zero-order chi connectivity index (χ0) is 21.0. The number of aliphatic carboxylic acids is 1. The van der Waals surface area contributed by atoms with Crippen LogP contribution in [0.5, 0.6) is 0 Å². The summed E-state index contributed by atoms with van der Waals surface area (Å²) in [6.07, 6.45) is -0.224. The minimum absolute atomic E-state index is 0.137. The molecule has 0 unspecified atom stereocenters. The van der Waals surface area contributed by atoms with Crippen LogP contribution in [0.4, 0.5) is 5.69 Å². The van der Waals surface area contributed by atoms with E-state index in [1.165, 1.54) is 24.3 Å². The van der Waals surface area contributed by atoms with E-state index in [0.29, 0.717) is 14.2 Å². The highest BCUT2D eigenvalue weighted by Gasteiger charge is 2.20. The Hall–Kier alpha value is -3.28. The monoisotopic (exact) mass is 469 g/mol. The SMILES string of the molecule is O=C(O)Cc1cc(C(=O)c2ccc(C#Cc3ccccc3)c([N+](=O)[O-])c2)sc1Br. The van der Waals surface area contributed by atoms with Gasteiger partial charge in [-0.1, -0.05) is 30.0 Å². The molecule has 1 aromatic heterocycles. The number of hydrogen-bond acceptors (Lipinski definition) is 5. The first kappa shape index (κ1) is 20.5. The minimum atomic E-state index is -1.01. The van der Waals surface area contributed by atoms with Crippen LogP contribution in [0.15, 0.2) is 58.4 Å². The molecule has 29 heavy (non-hydrogen) atoms. The Kier molecular flexibility index (Phi) is 6.22. The molecule has 1 heterocycles. The molecule has 0 spiro atoms. The normalized spacial score (nSPS) is 10.1. The highest BCUT2D eigenvalue weighted by Crippen LogP contribution is 2.31. The molecule has 0 atom stereocenters. The van der Waals surface area contributed by atoms with Gasteiger partial charge in [0.25, 0.3) is 5.69 Å². The van der Waals surface area contributed by atoms with Gasteiger partial charge < -0.3 is 5.11 Å². The van der Waals surface area contributed by atoms with Crippen LogP contribution in [-0.2, 0) is 11.2 Å². The van der Waals surface area contributed by atoms with E-state index in [1.807, 2.05) is 18.2 Å². The van der Waals surface area contributed by atoms with Crippen molar-refractivity contribution in [1.82, 2.24) is 0 Å². The van der Waals surface area contributed by atoms with E-state index in [9.17, 15) is 19.7 Å². The molecule has 0 aliphatic rings. The molecule has 0 bridgehead atoms. The number of carbonyl (C=O) groups excluding carboxylic acids is 1. The maximum absolute atomic E-state index is 12.7. The van der Waals surface area contributed by atoms with Gasteiger partial charge in [-0.25, -0.2) is 0 Å². The number of halogens is 1. The zero-order valence-electron chi connectivity index (χ0n) is 14.7. The van der Waals surface area contributed by atoms with Gasteiger partial charge in [-0.3, -0.25) is 19.7 Å². The standard InChI is InChI=1S/C21H12BrNO5S/c22-21-16(12-19(24)25)11-18(29-21)20(26)15-9-8-14(17(10-15)23(27)28)7-6-13-4-2-1-3-5-13/h1-5,8-11H,12H2,(H,24,25). The van der Waals surface area contributed by atoms with Crippen LogP contribution in [0.25, 0.3) is 0 Å². The van der Waals surface area contributed by atoms with Crippen molar-refractivity contribution in [3.63, 3.8) is 0 Å². The molecule has 0 aliphatic carbocycles. The van der Waals surface area contributed by atoms with Crippen molar-refractivity contribution in [2.45, 2.75) is 6.42 Å². The van der Waals surface area contributed by atoms with Crippen LogP contribution in [0.2, 0.25) is 0 Å². The lowest BCUT2D eigenvalue weighted by Gasteiger charge is -2.01. The third kappa shape index (κ3) is 4.96. The number of carboxylic acids is 1. The van der Waals surface area contributed by atoms with E-state index in [4.69, 9.17) is 5.11 Å². The first-order valence-corrected chi connectivity index (χ1v) is 9.86. The molecular weight excluding hydrogens is 458 g/mol. The van der Waals surface area contributed by atoms with Crippen LogP contribution < -0.4 is 0 Å². The van der Waals surface area contributed by atoms with Gasteiger partial charge in [0.15, 0.2) is 0 Å². The lowest BCUT2D eigenvalue weighted by atomic mass is 10.0. The summed E-state index contributed by atoms with van der Waals surface area (Å²) in [4.78, 5) is 34.8. The number of hydrogen-bond donors (Lipinski definition) is 1. The number of benzene rings is 2. The number of nitro groups is 1. The molecule has 3 aromatic rings. The lowest BCUT2D eigenvalue weighted by Crippen LogP contribution is -2.02. The second-order valence-corrected chi connectivity index (χ2v) is 8.28. The number of rotatable bonds is 5. The average Bonchev–Trinajstić information content (AvgIpc) is 3.06. The Morgan fingerprint density at radius 2 is 1.83 bits per heavy atom. The largest absolute Gasteiger partial charge is 0.481 e. The van der Waals surface area contributed by atoms with Gasteiger partial charge in [0.05, 0.1) is 20.0 Å². The van der Waals surface area contributed by atoms with Crippen molar-refractivity contribution in [1.29, 1.82) is 0 Å². The number of nitro benzene ring substituents is 1. The van der Waals surface area contributed by atoms with Crippen LogP contribution in [0.3, 0.4) is 0 Å². The molecule has 0 fully saturated rings. The molecule has 6 nitrogen and oxygen atoms in total. The molecule has 1 N–H and O–H groups in total. The summed E-state index contributed by atoms with van der Waals surface area (Å²) in [6.45, 7) is 0. The molecular formula is C21H12BrNO5S. The molecule has 0 amide bonds. The lowest BCUT2D eigenvalue weighted by molar-refractivity contribution is -0.385. The van der Waals surface area contributed by atoms with Crippen LogP contribution in [0.1, 0.15) is 31.9 Å². The van der Waals surface area contributed by atoms with E-state index < -0.39 is 16.7 Å². The number of carbonyl (C=O) groups is 2. The summed E-state index contributed by atoms with van der Waals surface area (Å²) in [5.74, 6) is 4.21. The summed E-state index contributed by atoms with van der Waals surface area (Å²) in [5, 5.41) is 20.4.